The number of benzene rings is 3. The molecule has 0 aliphatic heterocycles. The van der Waals surface area contributed by atoms with Crippen molar-refractivity contribution in [1.82, 2.24) is 5.32 Å². The van der Waals surface area contributed by atoms with Crippen molar-refractivity contribution < 1.29 is 14.7 Å². The Bertz CT molecular complexity index is 974. The number of carbonyl (C=O) groups excluding carboxylic acids is 2. The summed E-state index contributed by atoms with van der Waals surface area (Å²) in [6.07, 6.45) is 0. The van der Waals surface area contributed by atoms with Gasteiger partial charge in [-0.2, -0.15) is 0 Å². The van der Waals surface area contributed by atoms with Crippen LogP contribution in [0.1, 0.15) is 26.3 Å². The van der Waals surface area contributed by atoms with E-state index in [2.05, 4.69) is 26.6 Å². The molecule has 3 N–H and O–H groups in total. The zero-order valence-corrected chi connectivity index (χ0v) is 15.9. The number of phenolic OH excluding ortho intramolecular Hbond substituents is 1. The zero-order chi connectivity index (χ0) is 19.2. The summed E-state index contributed by atoms with van der Waals surface area (Å²) in [6, 6.07) is 20.9. The lowest BCUT2D eigenvalue weighted by molar-refractivity contribution is 0.0950. The van der Waals surface area contributed by atoms with Gasteiger partial charge in [0.25, 0.3) is 11.8 Å². The van der Waals surface area contributed by atoms with E-state index < -0.39 is 0 Å². The van der Waals surface area contributed by atoms with E-state index in [1.807, 2.05) is 36.4 Å². The molecule has 5 nitrogen and oxygen atoms in total. The molecule has 0 atom stereocenters. The summed E-state index contributed by atoms with van der Waals surface area (Å²) in [7, 11) is 0. The van der Waals surface area contributed by atoms with Gasteiger partial charge in [0.15, 0.2) is 0 Å². The Balaban J connectivity index is 1.64. The number of hydrogen-bond acceptors (Lipinski definition) is 3. The average Bonchev–Trinajstić information content (AvgIpc) is 2.69. The van der Waals surface area contributed by atoms with Gasteiger partial charge in [0.05, 0.1) is 4.47 Å². The van der Waals surface area contributed by atoms with Crippen LogP contribution in [0.4, 0.5) is 5.69 Å². The number of hydrogen-bond donors (Lipinski definition) is 3. The topological polar surface area (TPSA) is 78.4 Å². The van der Waals surface area contributed by atoms with Crippen molar-refractivity contribution >= 4 is 33.4 Å². The number of anilines is 1. The summed E-state index contributed by atoms with van der Waals surface area (Å²) in [5.41, 5.74) is 2.38. The second-order valence-electron chi connectivity index (χ2n) is 5.87. The Hall–Kier alpha value is -3.12. The second-order valence-corrected chi connectivity index (χ2v) is 6.72. The standard InChI is InChI=1S/C21H17BrN2O3/c22-18-10-9-16(12-19(18)25)20(26)23-13-14-5-4-6-15(11-14)21(27)24-17-7-2-1-3-8-17/h1-12,25H,13H2,(H,23,26)(H,24,27). The number of amides is 2. The summed E-state index contributed by atoms with van der Waals surface area (Å²) in [4.78, 5) is 24.6. The molecule has 0 radical (unpaired) electrons. The maximum atomic E-state index is 12.4. The molecule has 0 aliphatic rings. The molecule has 136 valence electrons. The molecule has 3 aromatic carbocycles. The fourth-order valence-electron chi connectivity index (χ4n) is 2.49. The van der Waals surface area contributed by atoms with Crippen LogP contribution in [0, 0.1) is 0 Å². The van der Waals surface area contributed by atoms with E-state index in [1.165, 1.54) is 6.07 Å². The van der Waals surface area contributed by atoms with Gasteiger partial charge in [0.2, 0.25) is 0 Å². The lowest BCUT2D eigenvalue weighted by Gasteiger charge is -2.09. The van der Waals surface area contributed by atoms with Gasteiger partial charge in [-0.25, -0.2) is 0 Å². The van der Waals surface area contributed by atoms with Gasteiger partial charge in [-0.05, 0) is 64.0 Å². The summed E-state index contributed by atoms with van der Waals surface area (Å²) >= 11 is 3.18. The molecular formula is C21H17BrN2O3. The van der Waals surface area contributed by atoms with Gasteiger partial charge in [-0.1, -0.05) is 30.3 Å². The summed E-state index contributed by atoms with van der Waals surface area (Å²) in [5, 5.41) is 15.3. The number of aromatic hydroxyl groups is 1. The third-order valence-electron chi connectivity index (χ3n) is 3.88. The van der Waals surface area contributed by atoms with E-state index in [-0.39, 0.29) is 24.1 Å². The molecule has 0 saturated heterocycles. The van der Waals surface area contributed by atoms with Crippen molar-refractivity contribution in [2.24, 2.45) is 0 Å². The van der Waals surface area contributed by atoms with Crippen LogP contribution in [0.5, 0.6) is 5.75 Å². The molecule has 0 heterocycles. The number of para-hydroxylation sites is 1. The number of halogens is 1. The summed E-state index contributed by atoms with van der Waals surface area (Å²) in [5.74, 6) is -0.522. The SMILES string of the molecule is O=C(NCc1cccc(C(=O)Nc2ccccc2)c1)c1ccc(Br)c(O)c1. The van der Waals surface area contributed by atoms with Crippen LogP contribution in [0.15, 0.2) is 77.3 Å². The molecule has 0 aromatic heterocycles. The van der Waals surface area contributed by atoms with Gasteiger partial charge in [0, 0.05) is 23.4 Å². The van der Waals surface area contributed by atoms with Crippen LogP contribution in [-0.2, 0) is 6.54 Å². The smallest absolute Gasteiger partial charge is 0.255 e. The molecule has 2 amide bonds. The van der Waals surface area contributed by atoms with Gasteiger partial charge in [-0.15, -0.1) is 0 Å². The highest BCUT2D eigenvalue weighted by Crippen LogP contribution is 2.24. The van der Waals surface area contributed by atoms with Gasteiger partial charge in [0.1, 0.15) is 5.75 Å². The highest BCUT2D eigenvalue weighted by Gasteiger charge is 2.10. The highest BCUT2D eigenvalue weighted by atomic mass is 79.9. The third-order valence-corrected chi connectivity index (χ3v) is 4.55. The Morgan fingerprint density at radius 2 is 1.59 bits per heavy atom. The Morgan fingerprint density at radius 1 is 0.852 bits per heavy atom. The van der Waals surface area contributed by atoms with Crippen molar-refractivity contribution in [3.8, 4) is 5.75 Å². The molecule has 3 rings (SSSR count). The maximum absolute atomic E-state index is 12.4. The van der Waals surface area contributed by atoms with Gasteiger partial charge < -0.3 is 15.7 Å². The zero-order valence-electron chi connectivity index (χ0n) is 14.3. The largest absolute Gasteiger partial charge is 0.507 e. The van der Waals surface area contributed by atoms with Crippen molar-refractivity contribution in [2.75, 3.05) is 5.32 Å². The van der Waals surface area contributed by atoms with E-state index in [9.17, 15) is 14.7 Å². The molecule has 0 spiro atoms. The number of carbonyl (C=O) groups is 2. The van der Waals surface area contributed by atoms with E-state index >= 15 is 0 Å². The van der Waals surface area contributed by atoms with Crippen LogP contribution >= 0.6 is 15.9 Å². The molecule has 6 heteroatoms. The maximum Gasteiger partial charge on any atom is 0.255 e. The number of nitrogens with one attached hydrogen (secondary N) is 2. The molecule has 0 fully saturated rings. The van der Waals surface area contributed by atoms with E-state index in [4.69, 9.17) is 0 Å². The van der Waals surface area contributed by atoms with Crippen LogP contribution < -0.4 is 10.6 Å². The molecule has 0 aliphatic carbocycles. The first-order valence-corrected chi connectivity index (χ1v) is 9.04. The van der Waals surface area contributed by atoms with Gasteiger partial charge >= 0.3 is 0 Å². The first-order valence-electron chi connectivity index (χ1n) is 8.25. The van der Waals surface area contributed by atoms with Crippen LogP contribution in [0.2, 0.25) is 0 Å². The minimum Gasteiger partial charge on any atom is -0.507 e. The lowest BCUT2D eigenvalue weighted by Crippen LogP contribution is -2.23. The monoisotopic (exact) mass is 424 g/mol. The van der Waals surface area contributed by atoms with Crippen LogP contribution in [0.3, 0.4) is 0 Å². The first-order chi connectivity index (χ1) is 13.0. The molecule has 0 bridgehead atoms. The molecule has 27 heavy (non-hydrogen) atoms. The minimum atomic E-state index is -0.308. The van der Waals surface area contributed by atoms with Crippen molar-refractivity contribution in [3.63, 3.8) is 0 Å². The predicted molar refractivity (Wildman–Crippen MR) is 108 cm³/mol. The Labute approximate surface area is 165 Å². The van der Waals surface area contributed by atoms with Crippen LogP contribution in [0.25, 0.3) is 0 Å². The fourth-order valence-corrected chi connectivity index (χ4v) is 2.73. The number of rotatable bonds is 5. The average molecular weight is 425 g/mol. The highest BCUT2D eigenvalue weighted by molar-refractivity contribution is 9.10. The molecular weight excluding hydrogens is 408 g/mol. The van der Waals surface area contributed by atoms with E-state index in [1.54, 1.807) is 30.3 Å². The molecule has 0 saturated carbocycles. The first kappa shape index (κ1) is 18.7. The van der Waals surface area contributed by atoms with Gasteiger partial charge in [-0.3, -0.25) is 9.59 Å². The Morgan fingerprint density at radius 3 is 2.33 bits per heavy atom. The quantitative estimate of drug-likeness (QED) is 0.569. The predicted octanol–water partition coefficient (Wildman–Crippen LogP) is 4.34. The third kappa shape index (κ3) is 4.95. The van der Waals surface area contributed by atoms with Crippen molar-refractivity contribution in [2.45, 2.75) is 6.54 Å². The number of phenols is 1. The summed E-state index contributed by atoms with van der Waals surface area (Å²) < 4.78 is 0.524. The summed E-state index contributed by atoms with van der Waals surface area (Å²) in [6.45, 7) is 0.266. The Kier molecular flexibility index (Phi) is 5.88. The minimum absolute atomic E-state index is 0.00207. The molecule has 0 unspecified atom stereocenters. The van der Waals surface area contributed by atoms with Crippen molar-refractivity contribution in [1.29, 1.82) is 0 Å². The van der Waals surface area contributed by atoms with Crippen molar-refractivity contribution in [3.05, 3.63) is 94.0 Å². The van der Waals surface area contributed by atoms with Crippen LogP contribution in [-0.4, -0.2) is 16.9 Å². The molecule has 3 aromatic rings. The lowest BCUT2D eigenvalue weighted by atomic mass is 10.1. The van der Waals surface area contributed by atoms with E-state index in [0.717, 1.165) is 11.3 Å². The normalized spacial score (nSPS) is 10.3. The second kappa shape index (κ2) is 8.51. The fraction of sp³-hybridized carbons (Fsp3) is 0.0476. The van der Waals surface area contributed by atoms with E-state index in [0.29, 0.717) is 15.6 Å².